The second-order valence-electron chi connectivity index (χ2n) is 7.49. The van der Waals surface area contributed by atoms with Crippen molar-refractivity contribution in [1.29, 1.82) is 5.26 Å². The summed E-state index contributed by atoms with van der Waals surface area (Å²) in [7, 11) is 0. The third-order valence-corrected chi connectivity index (χ3v) is 5.87. The minimum atomic E-state index is -0.305. The molecule has 0 spiro atoms. The molecule has 6 heteroatoms. The number of nitriles is 1. The second-order valence-corrected chi connectivity index (χ2v) is 7.49. The summed E-state index contributed by atoms with van der Waals surface area (Å²) in [4.78, 5) is 18.7. The van der Waals surface area contributed by atoms with Crippen LogP contribution in [0.15, 0.2) is 30.5 Å². The van der Waals surface area contributed by atoms with Crippen LogP contribution in [-0.4, -0.2) is 39.9 Å². The van der Waals surface area contributed by atoms with Crippen molar-refractivity contribution in [3.63, 3.8) is 0 Å². The van der Waals surface area contributed by atoms with Crippen molar-refractivity contribution in [1.82, 2.24) is 9.88 Å². The smallest absolute Gasteiger partial charge is 0.163 e. The lowest BCUT2D eigenvalue weighted by Crippen LogP contribution is -2.52. The molecule has 0 saturated carbocycles. The number of carbonyl (C=O) groups is 1. The van der Waals surface area contributed by atoms with E-state index in [1.807, 2.05) is 13.0 Å². The van der Waals surface area contributed by atoms with E-state index in [-0.39, 0.29) is 42.3 Å². The van der Waals surface area contributed by atoms with Crippen LogP contribution in [-0.2, 0) is 4.79 Å². The fraction of sp³-hybridized carbons (Fsp3) is 0.476. The zero-order chi connectivity index (χ0) is 19.0. The maximum absolute atomic E-state index is 13.7. The molecule has 2 aromatic rings. The predicted molar refractivity (Wildman–Crippen MR) is 98.7 cm³/mol. The Balaban J connectivity index is 1.51. The summed E-state index contributed by atoms with van der Waals surface area (Å²) in [6.07, 6.45) is 5.43. The minimum Gasteiger partial charge on any atom is -0.490 e. The lowest BCUT2D eigenvalue weighted by atomic mass is 9.96. The van der Waals surface area contributed by atoms with Crippen LogP contribution in [0.5, 0.6) is 5.75 Å². The summed E-state index contributed by atoms with van der Waals surface area (Å²) in [5.74, 6) is 0.343. The van der Waals surface area contributed by atoms with Crippen LogP contribution in [0.4, 0.5) is 4.39 Å². The number of benzene rings is 1. The number of ketones is 1. The summed E-state index contributed by atoms with van der Waals surface area (Å²) >= 11 is 0. The van der Waals surface area contributed by atoms with Gasteiger partial charge in [-0.3, -0.25) is 14.7 Å². The molecule has 1 aromatic carbocycles. The van der Waals surface area contributed by atoms with E-state index < -0.39 is 0 Å². The van der Waals surface area contributed by atoms with Crippen molar-refractivity contribution < 1.29 is 13.9 Å². The van der Waals surface area contributed by atoms with Gasteiger partial charge in [-0.1, -0.05) is 0 Å². The summed E-state index contributed by atoms with van der Waals surface area (Å²) in [6.45, 7) is 1.91. The summed E-state index contributed by atoms with van der Waals surface area (Å²) in [5, 5.41) is 9.49. The van der Waals surface area contributed by atoms with Crippen molar-refractivity contribution in [2.45, 2.75) is 63.3 Å². The first-order valence-electron chi connectivity index (χ1n) is 9.45. The number of carbonyl (C=O) groups excluding carboxylic acids is 1. The average Bonchev–Trinajstić information content (AvgIpc) is 2.92. The number of rotatable bonds is 5. The van der Waals surface area contributed by atoms with Crippen molar-refractivity contribution >= 4 is 16.7 Å². The zero-order valence-corrected chi connectivity index (χ0v) is 15.3. The molecule has 0 N–H and O–H groups in total. The van der Waals surface area contributed by atoms with E-state index in [0.29, 0.717) is 16.7 Å². The molecule has 2 bridgehead atoms. The molecule has 3 atom stereocenters. The van der Waals surface area contributed by atoms with E-state index in [0.717, 1.165) is 25.7 Å². The standard InChI is InChI=1S/C21H22FN3O2/c1-13(20(26)6-8-23)25-15-3-4-16(25)12-17(11-15)27-21-7-9-24-19-5-2-14(22)10-18(19)21/h2,5,7,9-10,13,15-17H,3-4,6,11-12H2,1H3. The Morgan fingerprint density at radius 1 is 1.37 bits per heavy atom. The number of nitrogens with zero attached hydrogens (tertiary/aromatic N) is 3. The van der Waals surface area contributed by atoms with Crippen LogP contribution < -0.4 is 4.74 Å². The van der Waals surface area contributed by atoms with E-state index in [1.165, 1.54) is 12.1 Å². The van der Waals surface area contributed by atoms with Crippen LogP contribution in [0.25, 0.3) is 10.9 Å². The number of hydrogen-bond donors (Lipinski definition) is 0. The fourth-order valence-electron chi connectivity index (χ4n) is 4.66. The highest BCUT2D eigenvalue weighted by Gasteiger charge is 2.45. The van der Waals surface area contributed by atoms with Crippen LogP contribution in [0.3, 0.4) is 0 Å². The Hall–Kier alpha value is -2.52. The number of ether oxygens (including phenoxy) is 1. The van der Waals surface area contributed by atoms with E-state index >= 15 is 0 Å². The largest absolute Gasteiger partial charge is 0.490 e. The Morgan fingerprint density at radius 3 is 2.81 bits per heavy atom. The third-order valence-electron chi connectivity index (χ3n) is 5.87. The molecule has 1 aromatic heterocycles. The Morgan fingerprint density at radius 2 is 2.11 bits per heavy atom. The van der Waals surface area contributed by atoms with Gasteiger partial charge in [0.25, 0.3) is 0 Å². The van der Waals surface area contributed by atoms with Crippen LogP contribution >= 0.6 is 0 Å². The van der Waals surface area contributed by atoms with Gasteiger partial charge in [0.15, 0.2) is 5.78 Å². The molecule has 140 valence electrons. The topological polar surface area (TPSA) is 66.2 Å². The van der Waals surface area contributed by atoms with E-state index in [2.05, 4.69) is 9.88 Å². The second kappa shape index (κ2) is 7.24. The van der Waals surface area contributed by atoms with Crippen molar-refractivity contribution in [2.75, 3.05) is 0 Å². The van der Waals surface area contributed by atoms with E-state index in [4.69, 9.17) is 10.00 Å². The van der Waals surface area contributed by atoms with Gasteiger partial charge >= 0.3 is 0 Å². The molecule has 2 fully saturated rings. The first-order chi connectivity index (χ1) is 13.1. The number of piperidine rings is 1. The average molecular weight is 367 g/mol. The lowest BCUT2D eigenvalue weighted by molar-refractivity contribution is -0.125. The van der Waals surface area contributed by atoms with Gasteiger partial charge in [0.1, 0.15) is 17.7 Å². The van der Waals surface area contributed by atoms with Crippen LogP contribution in [0.1, 0.15) is 39.0 Å². The quantitative estimate of drug-likeness (QED) is 0.807. The molecule has 4 rings (SSSR count). The first kappa shape index (κ1) is 17.9. The first-order valence-corrected chi connectivity index (χ1v) is 9.45. The monoisotopic (exact) mass is 367 g/mol. The third kappa shape index (κ3) is 3.40. The minimum absolute atomic E-state index is 0.00984. The molecule has 0 aliphatic carbocycles. The number of pyridine rings is 1. The lowest BCUT2D eigenvalue weighted by Gasteiger charge is -2.41. The molecule has 3 heterocycles. The molecule has 2 aliphatic heterocycles. The molecular weight excluding hydrogens is 345 g/mol. The highest BCUT2D eigenvalue weighted by Crippen LogP contribution is 2.39. The molecule has 3 unspecified atom stereocenters. The van der Waals surface area contributed by atoms with Gasteiger partial charge in [-0.05, 0) is 56.9 Å². The van der Waals surface area contributed by atoms with Crippen LogP contribution in [0, 0.1) is 17.1 Å². The SMILES string of the molecule is CC(C(=O)CC#N)N1C2CCC1CC(Oc1ccnc3ccc(F)cc13)C2. The van der Waals surface area contributed by atoms with Gasteiger partial charge in [0.2, 0.25) is 0 Å². The molecule has 0 radical (unpaired) electrons. The van der Waals surface area contributed by atoms with E-state index in [1.54, 1.807) is 18.3 Å². The maximum Gasteiger partial charge on any atom is 0.163 e. The number of fused-ring (bicyclic) bond motifs is 3. The fourth-order valence-corrected chi connectivity index (χ4v) is 4.66. The van der Waals surface area contributed by atoms with Gasteiger partial charge in [0, 0.05) is 23.7 Å². The summed E-state index contributed by atoms with van der Waals surface area (Å²) in [5.41, 5.74) is 0.713. The predicted octanol–water partition coefficient (Wildman–Crippen LogP) is 3.62. The Kier molecular flexibility index (Phi) is 4.79. The summed E-state index contributed by atoms with van der Waals surface area (Å²) in [6, 6.07) is 8.62. The van der Waals surface area contributed by atoms with Crippen molar-refractivity contribution in [3.8, 4) is 11.8 Å². The molecular formula is C21H22FN3O2. The van der Waals surface area contributed by atoms with Gasteiger partial charge in [0.05, 0.1) is 24.0 Å². The number of halogens is 1. The molecule has 2 aliphatic rings. The Labute approximate surface area is 157 Å². The molecule has 0 amide bonds. The van der Waals surface area contributed by atoms with E-state index in [9.17, 15) is 9.18 Å². The highest BCUT2D eigenvalue weighted by atomic mass is 19.1. The highest BCUT2D eigenvalue weighted by molar-refractivity contribution is 5.85. The number of hydrogen-bond acceptors (Lipinski definition) is 5. The van der Waals surface area contributed by atoms with Gasteiger partial charge in [-0.2, -0.15) is 5.26 Å². The number of Topliss-reactive ketones (excluding diaryl/α,β-unsaturated/α-hetero) is 1. The normalized spacial score (nSPS) is 25.9. The number of aromatic nitrogens is 1. The molecule has 27 heavy (non-hydrogen) atoms. The van der Waals surface area contributed by atoms with Crippen molar-refractivity contribution in [3.05, 3.63) is 36.3 Å². The van der Waals surface area contributed by atoms with Crippen LogP contribution in [0.2, 0.25) is 0 Å². The molecule has 2 saturated heterocycles. The molecule has 5 nitrogen and oxygen atoms in total. The summed E-state index contributed by atoms with van der Waals surface area (Å²) < 4.78 is 19.9. The van der Waals surface area contributed by atoms with Crippen molar-refractivity contribution in [2.24, 2.45) is 0 Å². The van der Waals surface area contributed by atoms with Gasteiger partial charge in [-0.15, -0.1) is 0 Å². The maximum atomic E-state index is 13.7. The van der Waals surface area contributed by atoms with Gasteiger partial charge in [-0.25, -0.2) is 4.39 Å². The Bertz CT molecular complexity index is 896. The van der Waals surface area contributed by atoms with Gasteiger partial charge < -0.3 is 4.74 Å². The zero-order valence-electron chi connectivity index (χ0n) is 15.3.